The van der Waals surface area contributed by atoms with E-state index in [9.17, 15) is 9.59 Å². The molecule has 2 atom stereocenters. The van der Waals surface area contributed by atoms with Crippen LogP contribution in [0, 0.1) is 11.3 Å². The smallest absolute Gasteiger partial charge is 0.251 e. The van der Waals surface area contributed by atoms with E-state index in [4.69, 9.17) is 5.26 Å². The monoisotopic (exact) mass is 332 g/mol. The predicted molar refractivity (Wildman–Crippen MR) is 93.2 cm³/mol. The molecule has 2 unspecified atom stereocenters. The summed E-state index contributed by atoms with van der Waals surface area (Å²) in [5.74, 6) is -0.266. The van der Waals surface area contributed by atoms with E-state index in [0.29, 0.717) is 24.1 Å². The number of amides is 2. The molecule has 2 aliphatic rings. The lowest BCUT2D eigenvalue weighted by molar-refractivity contribution is -0.117. The average Bonchev–Trinajstić information content (AvgIpc) is 3.06. The number of hydrogen-bond acceptors (Lipinski definition) is 4. The second-order valence-corrected chi connectivity index (χ2v) is 6.27. The third kappa shape index (κ3) is 2.70. The second-order valence-electron chi connectivity index (χ2n) is 6.27. The molecule has 1 fully saturated rings. The highest BCUT2D eigenvalue weighted by molar-refractivity contribution is 6.04. The van der Waals surface area contributed by atoms with Crippen molar-refractivity contribution < 1.29 is 9.59 Å². The minimum atomic E-state index is -0.273. The summed E-state index contributed by atoms with van der Waals surface area (Å²) in [7, 11) is 0. The first-order valence-electron chi connectivity index (χ1n) is 8.13. The zero-order valence-electron chi connectivity index (χ0n) is 13.4. The minimum Gasteiger partial charge on any atom is -0.356 e. The normalized spacial score (nSPS) is 20.9. The maximum atomic E-state index is 12.5. The highest BCUT2D eigenvalue weighted by Gasteiger charge is 2.41. The van der Waals surface area contributed by atoms with Crippen LogP contribution in [0.1, 0.15) is 22.3 Å². The van der Waals surface area contributed by atoms with Gasteiger partial charge in [0.15, 0.2) is 0 Å². The SMILES string of the molecule is N#Cc1cccc(C(=O)NC2CC3C(=O)Nc4ccccc4N3C2)c1. The van der Waals surface area contributed by atoms with Crippen molar-refractivity contribution in [3.8, 4) is 6.07 Å². The first kappa shape index (κ1) is 15.2. The molecule has 0 bridgehead atoms. The van der Waals surface area contributed by atoms with Gasteiger partial charge in [-0.15, -0.1) is 0 Å². The molecule has 124 valence electrons. The van der Waals surface area contributed by atoms with Crippen LogP contribution in [0.5, 0.6) is 0 Å². The maximum Gasteiger partial charge on any atom is 0.251 e. The first-order chi connectivity index (χ1) is 12.2. The minimum absolute atomic E-state index is 0.0399. The number of carbonyl (C=O) groups excluding carboxylic acids is 2. The van der Waals surface area contributed by atoms with E-state index in [0.717, 1.165) is 11.4 Å². The average molecular weight is 332 g/mol. The first-order valence-corrected chi connectivity index (χ1v) is 8.13. The van der Waals surface area contributed by atoms with Crippen LogP contribution >= 0.6 is 0 Å². The summed E-state index contributed by atoms with van der Waals surface area (Å²) in [4.78, 5) is 26.8. The number of rotatable bonds is 2. The van der Waals surface area contributed by atoms with Gasteiger partial charge in [-0.3, -0.25) is 9.59 Å². The summed E-state index contributed by atoms with van der Waals surface area (Å²) in [6.45, 7) is 0.582. The van der Waals surface area contributed by atoms with Gasteiger partial charge < -0.3 is 15.5 Å². The van der Waals surface area contributed by atoms with E-state index < -0.39 is 0 Å². The molecule has 2 N–H and O–H groups in total. The number of hydrogen-bond donors (Lipinski definition) is 2. The van der Waals surface area contributed by atoms with Crippen molar-refractivity contribution in [2.24, 2.45) is 0 Å². The molecule has 0 saturated carbocycles. The van der Waals surface area contributed by atoms with Gasteiger partial charge in [-0.05, 0) is 36.8 Å². The van der Waals surface area contributed by atoms with Crippen molar-refractivity contribution in [1.29, 1.82) is 5.26 Å². The highest BCUT2D eigenvalue weighted by Crippen LogP contribution is 2.36. The van der Waals surface area contributed by atoms with Crippen LogP contribution in [0.15, 0.2) is 48.5 Å². The summed E-state index contributed by atoms with van der Waals surface area (Å²) in [6.07, 6.45) is 0.559. The van der Waals surface area contributed by atoms with Gasteiger partial charge in [-0.2, -0.15) is 5.26 Å². The molecular weight excluding hydrogens is 316 g/mol. The van der Waals surface area contributed by atoms with E-state index in [1.165, 1.54) is 0 Å². The van der Waals surface area contributed by atoms with Crippen LogP contribution < -0.4 is 15.5 Å². The van der Waals surface area contributed by atoms with Crippen molar-refractivity contribution in [2.45, 2.75) is 18.5 Å². The van der Waals surface area contributed by atoms with Crippen LogP contribution in [-0.2, 0) is 4.79 Å². The van der Waals surface area contributed by atoms with Gasteiger partial charge in [0.2, 0.25) is 5.91 Å². The molecule has 25 heavy (non-hydrogen) atoms. The third-order valence-corrected chi connectivity index (χ3v) is 4.66. The number of fused-ring (bicyclic) bond motifs is 3. The Kier molecular flexibility index (Phi) is 3.62. The Morgan fingerprint density at radius 3 is 2.92 bits per heavy atom. The van der Waals surface area contributed by atoms with E-state index in [1.807, 2.05) is 35.2 Å². The van der Waals surface area contributed by atoms with Gasteiger partial charge in [0.1, 0.15) is 6.04 Å². The van der Waals surface area contributed by atoms with Gasteiger partial charge in [-0.25, -0.2) is 0 Å². The third-order valence-electron chi connectivity index (χ3n) is 4.66. The molecule has 6 heteroatoms. The van der Waals surface area contributed by atoms with Crippen molar-refractivity contribution in [3.05, 3.63) is 59.7 Å². The van der Waals surface area contributed by atoms with Gasteiger partial charge in [0.05, 0.1) is 23.0 Å². The standard InChI is InChI=1S/C19H16N4O2/c20-10-12-4-3-5-13(8-12)18(24)21-14-9-17-19(25)22-15-6-1-2-7-16(15)23(17)11-14/h1-8,14,17H,9,11H2,(H,21,24)(H,22,25). The van der Waals surface area contributed by atoms with Crippen molar-refractivity contribution >= 4 is 23.2 Å². The highest BCUT2D eigenvalue weighted by atomic mass is 16.2. The lowest BCUT2D eigenvalue weighted by atomic mass is 10.1. The number of nitrogens with zero attached hydrogens (tertiary/aromatic N) is 2. The Balaban J connectivity index is 1.52. The number of para-hydroxylation sites is 2. The van der Waals surface area contributed by atoms with Gasteiger partial charge >= 0.3 is 0 Å². The van der Waals surface area contributed by atoms with E-state index in [2.05, 4.69) is 10.6 Å². The number of carbonyl (C=O) groups is 2. The van der Waals surface area contributed by atoms with Crippen LogP contribution in [0.3, 0.4) is 0 Å². The van der Waals surface area contributed by atoms with E-state index in [-0.39, 0.29) is 23.9 Å². The molecule has 6 nitrogen and oxygen atoms in total. The van der Waals surface area contributed by atoms with E-state index in [1.54, 1.807) is 24.3 Å². The Morgan fingerprint density at radius 2 is 2.08 bits per heavy atom. The number of benzene rings is 2. The van der Waals surface area contributed by atoms with Crippen molar-refractivity contribution in [2.75, 3.05) is 16.8 Å². The summed E-state index contributed by atoms with van der Waals surface area (Å²) in [5.41, 5.74) is 2.69. The van der Waals surface area contributed by atoms with Crippen molar-refractivity contribution in [1.82, 2.24) is 5.32 Å². The Morgan fingerprint density at radius 1 is 1.24 bits per heavy atom. The molecule has 2 aromatic carbocycles. The second kappa shape index (κ2) is 5.95. The molecular formula is C19H16N4O2. The lowest BCUT2D eigenvalue weighted by Gasteiger charge is -2.32. The Bertz CT molecular complexity index is 902. The fourth-order valence-corrected chi connectivity index (χ4v) is 3.50. The quantitative estimate of drug-likeness (QED) is 0.879. The molecule has 2 amide bonds. The molecule has 0 spiro atoms. The molecule has 0 aliphatic carbocycles. The zero-order chi connectivity index (χ0) is 17.4. The van der Waals surface area contributed by atoms with Gasteiger partial charge in [0, 0.05) is 18.2 Å². The Labute approximate surface area is 145 Å². The number of nitriles is 1. The van der Waals surface area contributed by atoms with Crippen LogP contribution in [-0.4, -0.2) is 30.4 Å². The van der Waals surface area contributed by atoms with Crippen molar-refractivity contribution in [3.63, 3.8) is 0 Å². The molecule has 0 radical (unpaired) electrons. The zero-order valence-corrected chi connectivity index (χ0v) is 13.4. The molecule has 4 rings (SSSR count). The predicted octanol–water partition coefficient (Wildman–Crippen LogP) is 1.89. The summed E-state index contributed by atoms with van der Waals surface area (Å²) in [5, 5.41) is 14.9. The molecule has 2 heterocycles. The Hall–Kier alpha value is -3.33. The topological polar surface area (TPSA) is 85.2 Å². The number of nitrogens with one attached hydrogen (secondary N) is 2. The van der Waals surface area contributed by atoms with Gasteiger partial charge in [0.25, 0.3) is 5.91 Å². The molecule has 2 aliphatic heterocycles. The maximum absolute atomic E-state index is 12.5. The van der Waals surface area contributed by atoms with Gasteiger partial charge in [-0.1, -0.05) is 18.2 Å². The van der Waals surface area contributed by atoms with Crippen LogP contribution in [0.25, 0.3) is 0 Å². The lowest BCUT2D eigenvalue weighted by Crippen LogP contribution is -2.44. The fraction of sp³-hybridized carbons (Fsp3) is 0.211. The summed E-state index contributed by atoms with van der Waals surface area (Å²) in [6, 6.07) is 15.9. The van der Waals surface area contributed by atoms with E-state index >= 15 is 0 Å². The molecule has 2 aromatic rings. The largest absolute Gasteiger partial charge is 0.356 e. The van der Waals surface area contributed by atoms with Crippen LogP contribution in [0.4, 0.5) is 11.4 Å². The molecule has 0 aromatic heterocycles. The number of anilines is 2. The summed E-state index contributed by atoms with van der Waals surface area (Å²) < 4.78 is 0. The van der Waals surface area contributed by atoms with Crippen LogP contribution in [0.2, 0.25) is 0 Å². The molecule has 1 saturated heterocycles. The summed E-state index contributed by atoms with van der Waals surface area (Å²) >= 11 is 0. The fourth-order valence-electron chi connectivity index (χ4n) is 3.50.